The highest BCUT2D eigenvalue weighted by Crippen LogP contribution is 2.37. The quantitative estimate of drug-likeness (QED) is 0.707. The maximum absolute atomic E-state index is 5.23. The molecule has 3 rings (SSSR count). The number of hydrogen-bond acceptors (Lipinski definition) is 3. The highest BCUT2D eigenvalue weighted by molar-refractivity contribution is 9.10. The van der Waals surface area contributed by atoms with Gasteiger partial charge in [-0.05, 0) is 63.1 Å². The van der Waals surface area contributed by atoms with Gasteiger partial charge in [-0.1, -0.05) is 24.3 Å². The second-order valence-electron chi connectivity index (χ2n) is 4.80. The van der Waals surface area contributed by atoms with Crippen LogP contribution in [0.15, 0.2) is 52.3 Å². The van der Waals surface area contributed by atoms with Crippen molar-refractivity contribution in [3.05, 3.63) is 63.4 Å². The average Bonchev–Trinajstić information content (AvgIpc) is 2.94. The molecule has 0 fully saturated rings. The molecule has 1 N–H and O–H groups in total. The maximum Gasteiger partial charge on any atom is 0.118 e. The zero-order chi connectivity index (χ0) is 14.8. The van der Waals surface area contributed by atoms with Crippen molar-refractivity contribution in [3.63, 3.8) is 0 Å². The van der Waals surface area contributed by atoms with Crippen LogP contribution in [0.1, 0.15) is 17.2 Å². The molecule has 0 aliphatic heterocycles. The van der Waals surface area contributed by atoms with Crippen LogP contribution in [0.25, 0.3) is 10.1 Å². The lowest BCUT2D eigenvalue weighted by Crippen LogP contribution is -2.17. The number of thiophene rings is 1. The predicted octanol–water partition coefficient (Wildman–Crippen LogP) is 4.98. The Morgan fingerprint density at radius 1 is 1.14 bits per heavy atom. The van der Waals surface area contributed by atoms with Crippen LogP contribution in [-0.4, -0.2) is 14.2 Å². The van der Waals surface area contributed by atoms with Gasteiger partial charge in [-0.2, -0.15) is 0 Å². The Hall–Kier alpha value is -1.36. The van der Waals surface area contributed by atoms with Crippen molar-refractivity contribution in [3.8, 4) is 5.75 Å². The highest BCUT2D eigenvalue weighted by Gasteiger charge is 2.17. The van der Waals surface area contributed by atoms with Crippen LogP contribution >= 0.6 is 27.3 Å². The molecule has 0 spiro atoms. The highest BCUT2D eigenvalue weighted by atomic mass is 79.9. The summed E-state index contributed by atoms with van der Waals surface area (Å²) in [6.07, 6.45) is 0. The first-order valence-electron chi connectivity index (χ1n) is 6.71. The summed E-state index contributed by atoms with van der Waals surface area (Å²) in [6.45, 7) is 0. The van der Waals surface area contributed by atoms with Crippen molar-refractivity contribution in [2.24, 2.45) is 0 Å². The minimum atomic E-state index is 0.180. The molecule has 0 aliphatic rings. The Morgan fingerprint density at radius 2 is 1.90 bits per heavy atom. The van der Waals surface area contributed by atoms with Gasteiger partial charge in [0.25, 0.3) is 0 Å². The first-order valence-corrected chi connectivity index (χ1v) is 8.38. The molecule has 0 aliphatic carbocycles. The van der Waals surface area contributed by atoms with Crippen LogP contribution in [0, 0.1) is 0 Å². The summed E-state index contributed by atoms with van der Waals surface area (Å²) in [6, 6.07) is 14.8. The third-order valence-electron chi connectivity index (χ3n) is 3.63. The summed E-state index contributed by atoms with van der Waals surface area (Å²) >= 11 is 5.40. The van der Waals surface area contributed by atoms with Crippen LogP contribution in [-0.2, 0) is 0 Å². The summed E-state index contributed by atoms with van der Waals surface area (Å²) in [5.74, 6) is 0.881. The summed E-state index contributed by atoms with van der Waals surface area (Å²) in [7, 11) is 3.69. The van der Waals surface area contributed by atoms with E-state index in [-0.39, 0.29) is 6.04 Å². The molecule has 0 amide bonds. The summed E-state index contributed by atoms with van der Waals surface area (Å²) in [5, 5.41) is 6.95. The van der Waals surface area contributed by atoms with Gasteiger partial charge in [-0.3, -0.25) is 0 Å². The Morgan fingerprint density at radius 3 is 2.57 bits per heavy atom. The second-order valence-corrected chi connectivity index (χ2v) is 6.54. The smallest absolute Gasteiger partial charge is 0.118 e. The summed E-state index contributed by atoms with van der Waals surface area (Å²) in [5.41, 5.74) is 2.54. The zero-order valence-electron chi connectivity index (χ0n) is 11.9. The lowest BCUT2D eigenvalue weighted by atomic mass is 9.98. The number of fused-ring (bicyclic) bond motifs is 1. The third-order valence-corrected chi connectivity index (χ3v) is 5.60. The van der Waals surface area contributed by atoms with Crippen molar-refractivity contribution in [2.45, 2.75) is 6.04 Å². The van der Waals surface area contributed by atoms with Crippen LogP contribution in [0.5, 0.6) is 5.75 Å². The third kappa shape index (κ3) is 2.71. The van der Waals surface area contributed by atoms with Gasteiger partial charge in [-0.25, -0.2) is 0 Å². The molecule has 0 bridgehead atoms. The molecule has 2 nitrogen and oxygen atoms in total. The van der Waals surface area contributed by atoms with E-state index in [1.54, 1.807) is 18.4 Å². The predicted molar refractivity (Wildman–Crippen MR) is 93.4 cm³/mol. The van der Waals surface area contributed by atoms with Crippen LogP contribution in [0.3, 0.4) is 0 Å². The average molecular weight is 362 g/mol. The number of rotatable bonds is 4. The monoisotopic (exact) mass is 361 g/mol. The molecule has 0 radical (unpaired) electrons. The van der Waals surface area contributed by atoms with E-state index in [4.69, 9.17) is 4.74 Å². The van der Waals surface area contributed by atoms with Crippen molar-refractivity contribution >= 4 is 37.4 Å². The van der Waals surface area contributed by atoms with Gasteiger partial charge >= 0.3 is 0 Å². The number of hydrogen-bond donors (Lipinski definition) is 1. The number of ether oxygens (including phenoxy) is 1. The van der Waals surface area contributed by atoms with Crippen LogP contribution in [0.4, 0.5) is 0 Å². The lowest BCUT2D eigenvalue weighted by Gasteiger charge is -2.17. The molecule has 0 saturated heterocycles. The molecule has 108 valence electrons. The van der Waals surface area contributed by atoms with Gasteiger partial charge in [0.05, 0.1) is 13.2 Å². The summed E-state index contributed by atoms with van der Waals surface area (Å²) < 4.78 is 7.68. The molecular weight excluding hydrogens is 346 g/mol. The van der Waals surface area contributed by atoms with Crippen molar-refractivity contribution in [2.75, 3.05) is 14.2 Å². The van der Waals surface area contributed by atoms with Crippen LogP contribution in [0.2, 0.25) is 0 Å². The minimum absolute atomic E-state index is 0.180. The fourth-order valence-corrected chi connectivity index (χ4v) is 4.21. The van der Waals surface area contributed by atoms with E-state index < -0.39 is 0 Å². The molecule has 1 aromatic heterocycles. The number of nitrogens with one attached hydrogen (secondary N) is 1. The van der Waals surface area contributed by atoms with Crippen LogP contribution < -0.4 is 10.1 Å². The maximum atomic E-state index is 5.23. The Kier molecular flexibility index (Phi) is 4.29. The molecule has 3 aromatic rings. The van der Waals surface area contributed by atoms with E-state index >= 15 is 0 Å². The van der Waals surface area contributed by atoms with E-state index in [9.17, 15) is 0 Å². The van der Waals surface area contributed by atoms with Gasteiger partial charge in [-0.15, -0.1) is 11.3 Å². The van der Waals surface area contributed by atoms with Gasteiger partial charge in [0, 0.05) is 9.17 Å². The fourth-order valence-electron chi connectivity index (χ4n) is 2.56. The summed E-state index contributed by atoms with van der Waals surface area (Å²) in [4.78, 5) is 0. The molecule has 1 atom stereocenters. The number of halogens is 1. The van der Waals surface area contributed by atoms with Crippen molar-refractivity contribution in [1.29, 1.82) is 0 Å². The van der Waals surface area contributed by atoms with E-state index in [0.29, 0.717) is 0 Å². The van der Waals surface area contributed by atoms with E-state index in [1.807, 2.05) is 19.2 Å². The zero-order valence-corrected chi connectivity index (χ0v) is 14.3. The molecule has 4 heteroatoms. The number of benzene rings is 2. The number of methoxy groups -OCH3 is 1. The van der Waals surface area contributed by atoms with E-state index in [1.165, 1.54) is 21.2 Å². The standard InChI is InChI=1S/C17H16BrNOS/c1-19-16(11-6-8-12(20-2)9-7-11)14-10-21-17-13(14)4-3-5-15(17)18/h3-10,16,19H,1-2H3. The first kappa shape index (κ1) is 14.6. The minimum Gasteiger partial charge on any atom is -0.497 e. The van der Waals surface area contributed by atoms with Gasteiger partial charge in [0.15, 0.2) is 0 Å². The van der Waals surface area contributed by atoms with Gasteiger partial charge < -0.3 is 10.1 Å². The fraction of sp³-hybridized carbons (Fsp3) is 0.176. The Bertz CT molecular complexity index is 751. The molecule has 0 saturated carbocycles. The normalized spacial score (nSPS) is 12.5. The molecule has 21 heavy (non-hydrogen) atoms. The molecule has 1 unspecified atom stereocenters. The Labute approximate surface area is 136 Å². The second kappa shape index (κ2) is 6.18. The van der Waals surface area contributed by atoms with Crippen molar-refractivity contribution in [1.82, 2.24) is 5.32 Å². The van der Waals surface area contributed by atoms with Crippen molar-refractivity contribution < 1.29 is 4.74 Å². The van der Waals surface area contributed by atoms with E-state index in [2.05, 4.69) is 57.0 Å². The molecule has 2 aromatic carbocycles. The van der Waals surface area contributed by atoms with Gasteiger partial charge in [0.1, 0.15) is 5.75 Å². The Balaban J connectivity index is 2.07. The largest absolute Gasteiger partial charge is 0.497 e. The molecule has 1 heterocycles. The van der Waals surface area contributed by atoms with E-state index in [0.717, 1.165) is 10.2 Å². The molecular formula is C17H16BrNOS. The van der Waals surface area contributed by atoms with Gasteiger partial charge in [0.2, 0.25) is 0 Å². The topological polar surface area (TPSA) is 21.3 Å². The lowest BCUT2D eigenvalue weighted by molar-refractivity contribution is 0.414. The first-order chi connectivity index (χ1) is 10.2. The SMILES string of the molecule is CNC(c1ccc(OC)cc1)c1csc2c(Br)cccc12.